The summed E-state index contributed by atoms with van der Waals surface area (Å²) in [5, 5.41) is 4.91. The summed E-state index contributed by atoms with van der Waals surface area (Å²) in [4.78, 5) is 14.6. The summed E-state index contributed by atoms with van der Waals surface area (Å²) in [5.41, 5.74) is 2.40. The van der Waals surface area contributed by atoms with Crippen molar-refractivity contribution in [1.82, 2.24) is 14.7 Å². The number of halogens is 1. The van der Waals surface area contributed by atoms with Crippen LogP contribution in [0.2, 0.25) is 5.02 Å². The molecule has 0 aliphatic rings. The van der Waals surface area contributed by atoms with Crippen LogP contribution in [0.3, 0.4) is 0 Å². The number of carbonyl (C=O) groups is 1. The number of ether oxygens (including phenoxy) is 1. The quantitative estimate of drug-likeness (QED) is 0.654. The monoisotopic (exact) mass is 369 g/mol. The van der Waals surface area contributed by atoms with E-state index in [1.54, 1.807) is 41.2 Å². The molecule has 6 heteroatoms. The molecule has 0 saturated carbocycles. The number of amides is 1. The summed E-state index contributed by atoms with van der Waals surface area (Å²) < 4.78 is 6.82. The number of methoxy groups -OCH3 is 1. The highest BCUT2D eigenvalue weighted by Crippen LogP contribution is 2.17. The Labute approximate surface area is 157 Å². The van der Waals surface area contributed by atoms with Gasteiger partial charge in [0.05, 0.1) is 24.6 Å². The van der Waals surface area contributed by atoms with E-state index in [4.69, 9.17) is 16.3 Å². The number of nitrogens with zero attached hydrogens (tertiary/aromatic N) is 3. The van der Waals surface area contributed by atoms with Gasteiger partial charge in [0.1, 0.15) is 5.75 Å². The van der Waals surface area contributed by atoms with Gasteiger partial charge in [-0.05, 0) is 42.8 Å². The lowest BCUT2D eigenvalue weighted by Crippen LogP contribution is -2.30. The third kappa shape index (κ3) is 4.06. The van der Waals surface area contributed by atoms with E-state index in [-0.39, 0.29) is 5.91 Å². The van der Waals surface area contributed by atoms with E-state index in [1.165, 1.54) is 0 Å². The maximum absolute atomic E-state index is 12.8. The highest BCUT2D eigenvalue weighted by atomic mass is 35.5. The molecule has 0 aliphatic carbocycles. The van der Waals surface area contributed by atoms with Crippen LogP contribution in [0.1, 0.15) is 22.8 Å². The maximum atomic E-state index is 12.8. The van der Waals surface area contributed by atoms with E-state index in [2.05, 4.69) is 5.10 Å². The molecule has 3 aromatic rings. The predicted molar refractivity (Wildman–Crippen MR) is 102 cm³/mol. The molecule has 0 unspecified atom stereocenters. The van der Waals surface area contributed by atoms with Gasteiger partial charge in [0.15, 0.2) is 0 Å². The summed E-state index contributed by atoms with van der Waals surface area (Å²) in [6.07, 6.45) is 3.31. The van der Waals surface area contributed by atoms with E-state index in [0.717, 1.165) is 17.0 Å². The highest BCUT2D eigenvalue weighted by Gasteiger charge is 2.17. The van der Waals surface area contributed by atoms with Gasteiger partial charge in [0, 0.05) is 24.3 Å². The molecule has 0 saturated heterocycles. The molecule has 0 radical (unpaired) electrons. The molecule has 2 aromatic carbocycles. The minimum Gasteiger partial charge on any atom is -0.497 e. The Hall–Kier alpha value is -2.79. The summed E-state index contributed by atoms with van der Waals surface area (Å²) in [6, 6.07) is 15.1. The van der Waals surface area contributed by atoms with Crippen LogP contribution < -0.4 is 4.74 Å². The first-order chi connectivity index (χ1) is 12.6. The van der Waals surface area contributed by atoms with Crippen LogP contribution in [0, 0.1) is 0 Å². The van der Waals surface area contributed by atoms with Crippen molar-refractivity contribution < 1.29 is 9.53 Å². The second kappa shape index (κ2) is 8.06. The van der Waals surface area contributed by atoms with Gasteiger partial charge in [-0.3, -0.25) is 4.79 Å². The van der Waals surface area contributed by atoms with Crippen molar-refractivity contribution in [2.24, 2.45) is 0 Å². The van der Waals surface area contributed by atoms with Crippen molar-refractivity contribution in [3.8, 4) is 11.4 Å². The number of rotatable bonds is 6. The van der Waals surface area contributed by atoms with Crippen molar-refractivity contribution in [3.63, 3.8) is 0 Å². The molecular weight excluding hydrogens is 350 g/mol. The van der Waals surface area contributed by atoms with Crippen LogP contribution >= 0.6 is 11.6 Å². The molecule has 0 aliphatic heterocycles. The zero-order valence-corrected chi connectivity index (χ0v) is 15.5. The number of hydrogen-bond acceptors (Lipinski definition) is 3. The summed E-state index contributed by atoms with van der Waals surface area (Å²) in [6.45, 7) is 3.09. The fourth-order valence-electron chi connectivity index (χ4n) is 2.65. The second-order valence-electron chi connectivity index (χ2n) is 5.82. The van der Waals surface area contributed by atoms with Crippen molar-refractivity contribution in [2.75, 3.05) is 13.7 Å². The lowest BCUT2D eigenvalue weighted by molar-refractivity contribution is 0.0752. The third-order valence-electron chi connectivity index (χ3n) is 4.10. The zero-order chi connectivity index (χ0) is 18.5. The molecule has 0 spiro atoms. The topological polar surface area (TPSA) is 47.4 Å². The first kappa shape index (κ1) is 18.0. The van der Waals surface area contributed by atoms with Gasteiger partial charge < -0.3 is 9.64 Å². The molecule has 3 rings (SSSR count). The Morgan fingerprint density at radius 1 is 1.23 bits per heavy atom. The van der Waals surface area contributed by atoms with Crippen molar-refractivity contribution in [2.45, 2.75) is 13.5 Å². The molecular formula is C20H20ClN3O2. The minimum atomic E-state index is -0.0587. The van der Waals surface area contributed by atoms with Gasteiger partial charge in [-0.2, -0.15) is 5.10 Å². The Kier molecular flexibility index (Phi) is 5.58. The van der Waals surface area contributed by atoms with Crippen molar-refractivity contribution in [3.05, 3.63) is 77.1 Å². The van der Waals surface area contributed by atoms with Gasteiger partial charge in [0.25, 0.3) is 5.91 Å². The van der Waals surface area contributed by atoms with Crippen LogP contribution in [0.15, 0.2) is 60.9 Å². The van der Waals surface area contributed by atoms with E-state index in [1.807, 2.05) is 43.3 Å². The zero-order valence-electron chi connectivity index (χ0n) is 14.7. The van der Waals surface area contributed by atoms with Crippen LogP contribution in [-0.2, 0) is 6.54 Å². The standard InChI is InChI=1S/C20H20ClN3O2/c1-3-23(13-15-7-9-19(26-2)10-8-15)20(25)16-12-22-24(14-16)18-6-4-5-17(21)11-18/h4-12,14H,3,13H2,1-2H3. The van der Waals surface area contributed by atoms with Gasteiger partial charge in [0.2, 0.25) is 0 Å². The summed E-state index contributed by atoms with van der Waals surface area (Å²) in [7, 11) is 1.63. The number of hydrogen-bond donors (Lipinski definition) is 0. The Balaban J connectivity index is 1.76. The van der Waals surface area contributed by atoms with Gasteiger partial charge in [-0.25, -0.2) is 4.68 Å². The average Bonchev–Trinajstić information content (AvgIpc) is 3.16. The first-order valence-electron chi connectivity index (χ1n) is 8.33. The fourth-order valence-corrected chi connectivity index (χ4v) is 2.84. The van der Waals surface area contributed by atoms with E-state index in [0.29, 0.717) is 23.7 Å². The van der Waals surface area contributed by atoms with E-state index >= 15 is 0 Å². The average molecular weight is 370 g/mol. The maximum Gasteiger partial charge on any atom is 0.257 e. The van der Waals surface area contributed by atoms with E-state index < -0.39 is 0 Å². The molecule has 0 bridgehead atoms. The summed E-state index contributed by atoms with van der Waals surface area (Å²) in [5.74, 6) is 0.738. The van der Waals surface area contributed by atoms with Crippen LogP contribution in [-0.4, -0.2) is 34.2 Å². The largest absolute Gasteiger partial charge is 0.497 e. The molecule has 5 nitrogen and oxygen atoms in total. The van der Waals surface area contributed by atoms with Gasteiger partial charge >= 0.3 is 0 Å². The molecule has 26 heavy (non-hydrogen) atoms. The number of aromatic nitrogens is 2. The Morgan fingerprint density at radius 2 is 2.00 bits per heavy atom. The molecule has 0 atom stereocenters. The van der Waals surface area contributed by atoms with Gasteiger partial charge in [-0.15, -0.1) is 0 Å². The van der Waals surface area contributed by atoms with Crippen LogP contribution in [0.5, 0.6) is 5.75 Å². The van der Waals surface area contributed by atoms with Crippen LogP contribution in [0.25, 0.3) is 5.69 Å². The molecule has 0 N–H and O–H groups in total. The van der Waals surface area contributed by atoms with Crippen molar-refractivity contribution >= 4 is 17.5 Å². The SMILES string of the molecule is CCN(Cc1ccc(OC)cc1)C(=O)c1cnn(-c2cccc(Cl)c2)c1. The van der Waals surface area contributed by atoms with Crippen LogP contribution in [0.4, 0.5) is 0 Å². The van der Waals surface area contributed by atoms with Gasteiger partial charge in [-0.1, -0.05) is 29.8 Å². The fraction of sp³-hybridized carbons (Fsp3) is 0.200. The lowest BCUT2D eigenvalue weighted by atomic mass is 10.2. The first-order valence-corrected chi connectivity index (χ1v) is 8.71. The number of benzene rings is 2. The normalized spacial score (nSPS) is 10.6. The molecule has 1 heterocycles. The Bertz CT molecular complexity index is 890. The highest BCUT2D eigenvalue weighted by molar-refractivity contribution is 6.30. The smallest absolute Gasteiger partial charge is 0.257 e. The molecule has 1 amide bonds. The Morgan fingerprint density at radius 3 is 2.65 bits per heavy atom. The number of carbonyl (C=O) groups excluding carboxylic acids is 1. The molecule has 134 valence electrons. The minimum absolute atomic E-state index is 0.0587. The molecule has 1 aromatic heterocycles. The van der Waals surface area contributed by atoms with Crippen molar-refractivity contribution in [1.29, 1.82) is 0 Å². The summed E-state index contributed by atoms with van der Waals surface area (Å²) >= 11 is 6.02. The lowest BCUT2D eigenvalue weighted by Gasteiger charge is -2.20. The predicted octanol–water partition coefficient (Wildman–Crippen LogP) is 4.20. The van der Waals surface area contributed by atoms with E-state index in [9.17, 15) is 4.79 Å². The molecule has 0 fully saturated rings. The third-order valence-corrected chi connectivity index (χ3v) is 4.34. The second-order valence-corrected chi connectivity index (χ2v) is 6.26.